The Morgan fingerprint density at radius 2 is 2.41 bits per heavy atom. The van der Waals surface area contributed by atoms with Gasteiger partial charge in [0.2, 0.25) is 0 Å². The number of rotatable bonds is 7. The summed E-state index contributed by atoms with van der Waals surface area (Å²) in [4.78, 5) is 0. The van der Waals surface area contributed by atoms with Crippen LogP contribution in [0.4, 0.5) is 0 Å². The van der Waals surface area contributed by atoms with Crippen LogP contribution < -0.4 is 5.32 Å². The minimum absolute atomic E-state index is 0.507. The Hall–Kier alpha value is -1.59. The van der Waals surface area contributed by atoms with Gasteiger partial charge < -0.3 is 14.8 Å². The highest BCUT2D eigenvalue weighted by molar-refractivity contribution is 5.02. The highest BCUT2D eigenvalue weighted by Crippen LogP contribution is 2.11. The predicted molar refractivity (Wildman–Crippen MR) is 63.4 cm³/mol. The summed E-state index contributed by atoms with van der Waals surface area (Å²) in [6, 6.07) is 5.46. The van der Waals surface area contributed by atoms with Gasteiger partial charge in [0.05, 0.1) is 6.26 Å². The van der Waals surface area contributed by atoms with Crippen LogP contribution in [0.1, 0.15) is 18.3 Å². The third-order valence-corrected chi connectivity index (χ3v) is 2.51. The van der Waals surface area contributed by atoms with Gasteiger partial charge >= 0.3 is 0 Å². The number of aromatic nitrogens is 2. The van der Waals surface area contributed by atoms with Gasteiger partial charge in [-0.3, -0.25) is 4.68 Å². The Bertz CT molecular complexity index is 397. The third-order valence-electron chi connectivity index (χ3n) is 2.51. The van der Waals surface area contributed by atoms with Gasteiger partial charge in [-0.05, 0) is 31.2 Å². The van der Waals surface area contributed by atoms with Gasteiger partial charge in [0.15, 0.2) is 0 Å². The lowest BCUT2D eigenvalue weighted by molar-refractivity contribution is 0.147. The van der Waals surface area contributed by atoms with Crippen molar-refractivity contribution in [2.24, 2.45) is 0 Å². The molecule has 5 heteroatoms. The van der Waals surface area contributed by atoms with Crippen LogP contribution in [0, 0.1) is 0 Å². The standard InChI is InChI=1S/C12H17N3O2/c16-11(12-4-1-9-17-12)10-13-5-2-7-15-8-3-6-14-15/h1,3-4,6,8-9,11,13,16H,2,5,7,10H2. The molecule has 0 bridgehead atoms. The maximum absolute atomic E-state index is 9.72. The molecule has 1 unspecified atom stereocenters. The van der Waals surface area contributed by atoms with E-state index in [4.69, 9.17) is 4.42 Å². The number of aryl methyl sites for hydroxylation is 1. The highest BCUT2D eigenvalue weighted by Gasteiger charge is 2.08. The molecule has 1 atom stereocenters. The van der Waals surface area contributed by atoms with Crippen molar-refractivity contribution in [2.75, 3.05) is 13.1 Å². The van der Waals surface area contributed by atoms with E-state index in [1.54, 1.807) is 24.6 Å². The number of furan rings is 1. The summed E-state index contributed by atoms with van der Waals surface area (Å²) in [6.07, 6.45) is 5.68. The molecule has 0 spiro atoms. The molecule has 0 aromatic carbocycles. The molecule has 0 radical (unpaired) electrons. The third kappa shape index (κ3) is 3.72. The lowest BCUT2D eigenvalue weighted by Gasteiger charge is -2.09. The average molecular weight is 235 g/mol. The van der Waals surface area contributed by atoms with Crippen molar-refractivity contribution in [2.45, 2.75) is 19.1 Å². The van der Waals surface area contributed by atoms with E-state index in [-0.39, 0.29) is 0 Å². The summed E-state index contributed by atoms with van der Waals surface area (Å²) in [6.45, 7) is 2.24. The smallest absolute Gasteiger partial charge is 0.133 e. The van der Waals surface area contributed by atoms with Crippen LogP contribution in [0.25, 0.3) is 0 Å². The lowest BCUT2D eigenvalue weighted by atomic mass is 10.2. The van der Waals surface area contributed by atoms with Crippen LogP contribution in [0.3, 0.4) is 0 Å². The Morgan fingerprint density at radius 3 is 3.12 bits per heavy atom. The van der Waals surface area contributed by atoms with Crippen molar-refractivity contribution >= 4 is 0 Å². The van der Waals surface area contributed by atoms with Crippen molar-refractivity contribution in [3.8, 4) is 0 Å². The molecule has 0 fully saturated rings. The van der Waals surface area contributed by atoms with E-state index in [9.17, 15) is 5.11 Å². The molecule has 5 nitrogen and oxygen atoms in total. The fourth-order valence-electron chi connectivity index (χ4n) is 1.62. The summed E-state index contributed by atoms with van der Waals surface area (Å²) >= 11 is 0. The van der Waals surface area contributed by atoms with Crippen molar-refractivity contribution in [3.05, 3.63) is 42.6 Å². The van der Waals surface area contributed by atoms with Gasteiger partial charge in [0.25, 0.3) is 0 Å². The highest BCUT2D eigenvalue weighted by atomic mass is 16.4. The summed E-state index contributed by atoms with van der Waals surface area (Å²) in [7, 11) is 0. The van der Waals surface area contributed by atoms with Crippen LogP contribution in [0.15, 0.2) is 41.3 Å². The predicted octanol–water partition coefficient (Wildman–Crippen LogP) is 1.19. The van der Waals surface area contributed by atoms with E-state index >= 15 is 0 Å². The summed E-state index contributed by atoms with van der Waals surface area (Å²) in [5.41, 5.74) is 0. The first-order valence-corrected chi connectivity index (χ1v) is 5.76. The SMILES string of the molecule is OC(CNCCCn1cccn1)c1ccco1. The van der Waals surface area contributed by atoms with E-state index in [0.29, 0.717) is 12.3 Å². The van der Waals surface area contributed by atoms with Gasteiger partial charge in [-0.25, -0.2) is 0 Å². The van der Waals surface area contributed by atoms with E-state index in [2.05, 4.69) is 10.4 Å². The first-order valence-electron chi connectivity index (χ1n) is 5.76. The summed E-state index contributed by atoms with van der Waals surface area (Å²) in [5.74, 6) is 0.601. The summed E-state index contributed by atoms with van der Waals surface area (Å²) in [5, 5.41) is 17.0. The molecule has 2 aromatic heterocycles. The van der Waals surface area contributed by atoms with Gasteiger partial charge in [0, 0.05) is 25.5 Å². The van der Waals surface area contributed by atoms with Crippen molar-refractivity contribution in [3.63, 3.8) is 0 Å². The monoisotopic (exact) mass is 235 g/mol. The molecule has 2 aromatic rings. The maximum atomic E-state index is 9.72. The molecule has 0 aliphatic heterocycles. The average Bonchev–Trinajstić information content (AvgIpc) is 3.01. The van der Waals surface area contributed by atoms with Crippen molar-refractivity contribution < 1.29 is 9.52 Å². The molecule has 2 rings (SSSR count). The van der Waals surface area contributed by atoms with E-state index in [1.165, 1.54) is 0 Å². The number of hydrogen-bond acceptors (Lipinski definition) is 4. The molecule has 0 aliphatic rings. The Morgan fingerprint density at radius 1 is 1.47 bits per heavy atom. The first kappa shape index (κ1) is 11.9. The second-order valence-corrected chi connectivity index (χ2v) is 3.86. The van der Waals surface area contributed by atoms with E-state index < -0.39 is 6.10 Å². The van der Waals surface area contributed by atoms with Crippen molar-refractivity contribution in [1.82, 2.24) is 15.1 Å². The Labute approximate surface area is 100 Å². The Balaban J connectivity index is 1.57. The van der Waals surface area contributed by atoms with E-state index in [1.807, 2.05) is 16.9 Å². The van der Waals surface area contributed by atoms with Gasteiger partial charge in [-0.15, -0.1) is 0 Å². The second-order valence-electron chi connectivity index (χ2n) is 3.86. The quantitative estimate of drug-likeness (QED) is 0.708. The topological polar surface area (TPSA) is 63.2 Å². The number of aliphatic hydroxyl groups excluding tert-OH is 1. The molecule has 92 valence electrons. The largest absolute Gasteiger partial charge is 0.467 e. The number of aliphatic hydroxyl groups is 1. The van der Waals surface area contributed by atoms with Crippen LogP contribution in [0.5, 0.6) is 0 Å². The maximum Gasteiger partial charge on any atom is 0.133 e. The van der Waals surface area contributed by atoms with Crippen LogP contribution >= 0.6 is 0 Å². The molecule has 0 saturated carbocycles. The zero-order chi connectivity index (χ0) is 11.9. The molecule has 2 N–H and O–H groups in total. The minimum Gasteiger partial charge on any atom is -0.467 e. The van der Waals surface area contributed by atoms with Gasteiger partial charge in [0.1, 0.15) is 11.9 Å². The Kier molecular flexibility index (Phi) is 4.35. The molecule has 0 aliphatic carbocycles. The summed E-state index contributed by atoms with van der Waals surface area (Å²) < 4.78 is 7.00. The normalized spacial score (nSPS) is 12.8. The molecule has 0 amide bonds. The van der Waals surface area contributed by atoms with Crippen molar-refractivity contribution in [1.29, 1.82) is 0 Å². The molecule has 0 saturated heterocycles. The molecule has 17 heavy (non-hydrogen) atoms. The van der Waals surface area contributed by atoms with Gasteiger partial charge in [-0.1, -0.05) is 0 Å². The zero-order valence-electron chi connectivity index (χ0n) is 9.62. The van der Waals surface area contributed by atoms with Crippen LogP contribution in [0.2, 0.25) is 0 Å². The van der Waals surface area contributed by atoms with E-state index in [0.717, 1.165) is 19.5 Å². The fraction of sp³-hybridized carbons (Fsp3) is 0.417. The number of nitrogens with one attached hydrogen (secondary N) is 1. The molecule has 2 heterocycles. The molecular formula is C12H17N3O2. The zero-order valence-corrected chi connectivity index (χ0v) is 9.62. The second kappa shape index (κ2) is 6.22. The van der Waals surface area contributed by atoms with Crippen LogP contribution in [-0.2, 0) is 6.54 Å². The molecular weight excluding hydrogens is 218 g/mol. The van der Waals surface area contributed by atoms with Gasteiger partial charge in [-0.2, -0.15) is 5.10 Å². The lowest BCUT2D eigenvalue weighted by Crippen LogP contribution is -2.23. The van der Waals surface area contributed by atoms with Crippen LogP contribution in [-0.4, -0.2) is 28.0 Å². The fourth-order valence-corrected chi connectivity index (χ4v) is 1.62. The number of nitrogens with zero attached hydrogens (tertiary/aromatic N) is 2. The number of hydrogen-bond donors (Lipinski definition) is 2. The minimum atomic E-state index is -0.574. The first-order chi connectivity index (χ1) is 8.36.